The number of nitriles is 1. The number of hydrogen-bond donors (Lipinski definition) is 2. The van der Waals surface area contributed by atoms with Crippen LogP contribution >= 0.6 is 12.2 Å². The van der Waals surface area contributed by atoms with Crippen molar-refractivity contribution < 1.29 is 18.3 Å². The molecule has 1 fully saturated rings. The zero-order valence-electron chi connectivity index (χ0n) is 10.7. The van der Waals surface area contributed by atoms with E-state index in [4.69, 9.17) is 17.5 Å². The number of allylic oxidation sites excluding steroid dienone is 1. The van der Waals surface area contributed by atoms with Gasteiger partial charge in [-0.05, 0) is 25.0 Å². The van der Waals surface area contributed by atoms with Crippen LogP contribution in [0.4, 0.5) is 18.9 Å². The third-order valence-electron chi connectivity index (χ3n) is 3.04. The number of halogens is 3. The van der Waals surface area contributed by atoms with Gasteiger partial charge in [-0.3, -0.25) is 0 Å². The Morgan fingerprint density at radius 1 is 1.33 bits per heavy atom. The summed E-state index contributed by atoms with van der Waals surface area (Å²) in [5.74, 6) is -0.267. The maximum absolute atomic E-state index is 12.9. The second-order valence-electron chi connectivity index (χ2n) is 4.64. The molecule has 110 valence electrons. The number of alkyl halides is 3. The number of benzene rings is 1. The van der Waals surface area contributed by atoms with E-state index in [2.05, 4.69) is 5.32 Å². The average molecular weight is 312 g/mol. The molecule has 1 aliphatic carbocycles. The average Bonchev–Trinajstić information content (AvgIpc) is 3.23. The zero-order valence-corrected chi connectivity index (χ0v) is 11.6. The molecule has 0 radical (unpaired) electrons. The summed E-state index contributed by atoms with van der Waals surface area (Å²) in [5, 5.41) is 21.3. The van der Waals surface area contributed by atoms with Gasteiger partial charge < -0.3 is 10.4 Å². The van der Waals surface area contributed by atoms with Gasteiger partial charge in [-0.1, -0.05) is 24.4 Å². The van der Waals surface area contributed by atoms with E-state index in [0.717, 1.165) is 18.9 Å². The Balaban J connectivity index is 2.28. The number of hydrogen-bond acceptors (Lipinski definition) is 3. The number of rotatable bonds is 3. The highest BCUT2D eigenvalue weighted by Crippen LogP contribution is 2.37. The van der Waals surface area contributed by atoms with Crippen molar-refractivity contribution in [1.82, 2.24) is 0 Å². The number of para-hydroxylation sites is 1. The molecule has 7 heteroatoms. The van der Waals surface area contributed by atoms with Gasteiger partial charge in [0.05, 0.1) is 11.3 Å². The van der Waals surface area contributed by atoms with E-state index in [0.29, 0.717) is 0 Å². The normalized spacial score (nSPS) is 15.9. The van der Waals surface area contributed by atoms with E-state index in [1.165, 1.54) is 18.2 Å². The maximum atomic E-state index is 12.9. The zero-order chi connectivity index (χ0) is 15.6. The molecule has 0 aliphatic heterocycles. The van der Waals surface area contributed by atoms with Gasteiger partial charge in [0.25, 0.3) is 0 Å². The Morgan fingerprint density at radius 3 is 2.48 bits per heavy atom. The standard InChI is InChI=1S/C14H11F3N2OS/c15-14(16,17)10-3-1-2-4-11(10)19-13(21)9(7-18)12(20)8-5-6-8/h1-4,8,20H,5-6H2,(H,19,21). The highest BCUT2D eigenvalue weighted by atomic mass is 32.1. The van der Waals surface area contributed by atoms with Gasteiger partial charge in [0.1, 0.15) is 22.4 Å². The van der Waals surface area contributed by atoms with Gasteiger partial charge in [0, 0.05) is 5.92 Å². The predicted molar refractivity (Wildman–Crippen MR) is 75.7 cm³/mol. The van der Waals surface area contributed by atoms with Gasteiger partial charge in [0.2, 0.25) is 0 Å². The summed E-state index contributed by atoms with van der Waals surface area (Å²) in [6.07, 6.45) is -3.04. The quantitative estimate of drug-likeness (QED) is 0.380. The lowest BCUT2D eigenvalue weighted by Gasteiger charge is -2.15. The molecule has 21 heavy (non-hydrogen) atoms. The first-order chi connectivity index (χ1) is 9.84. The Hall–Kier alpha value is -2.07. The molecule has 3 nitrogen and oxygen atoms in total. The van der Waals surface area contributed by atoms with Gasteiger partial charge in [-0.15, -0.1) is 0 Å². The lowest BCUT2D eigenvalue weighted by molar-refractivity contribution is -0.136. The van der Waals surface area contributed by atoms with Crippen molar-refractivity contribution in [3.05, 3.63) is 41.2 Å². The fourth-order valence-electron chi connectivity index (χ4n) is 1.81. The van der Waals surface area contributed by atoms with E-state index in [9.17, 15) is 18.3 Å². The summed E-state index contributed by atoms with van der Waals surface area (Å²) in [5.41, 5.74) is -1.30. The van der Waals surface area contributed by atoms with Crippen molar-refractivity contribution in [3.63, 3.8) is 0 Å². The number of anilines is 1. The van der Waals surface area contributed by atoms with Crippen molar-refractivity contribution >= 4 is 22.9 Å². The number of thiocarbonyl (C=S) groups is 1. The highest BCUT2D eigenvalue weighted by Gasteiger charge is 2.34. The SMILES string of the molecule is N#CC(C(=S)Nc1ccccc1C(F)(F)F)=C(O)C1CC1. The molecular weight excluding hydrogens is 301 g/mol. The van der Waals surface area contributed by atoms with Crippen LogP contribution in [0.3, 0.4) is 0 Å². The molecular formula is C14H11F3N2OS. The Labute approximate surface area is 124 Å². The molecule has 0 saturated heterocycles. The largest absolute Gasteiger partial charge is 0.511 e. The molecule has 0 spiro atoms. The van der Waals surface area contributed by atoms with Crippen LogP contribution in [0, 0.1) is 17.2 Å². The van der Waals surface area contributed by atoms with Crippen LogP contribution in [0.5, 0.6) is 0 Å². The summed E-state index contributed by atoms with van der Waals surface area (Å²) in [4.78, 5) is -0.210. The van der Waals surface area contributed by atoms with Crippen molar-refractivity contribution in [2.24, 2.45) is 5.92 Å². The lowest BCUT2D eigenvalue weighted by atomic mass is 10.1. The van der Waals surface area contributed by atoms with Crippen LogP contribution in [0.1, 0.15) is 18.4 Å². The molecule has 2 rings (SSSR count). The number of aliphatic hydroxyl groups excluding tert-OH is 1. The van der Waals surface area contributed by atoms with Gasteiger partial charge >= 0.3 is 6.18 Å². The fraction of sp³-hybridized carbons (Fsp3) is 0.286. The Morgan fingerprint density at radius 2 is 1.95 bits per heavy atom. The molecule has 1 saturated carbocycles. The molecule has 0 atom stereocenters. The van der Waals surface area contributed by atoms with Crippen molar-refractivity contribution in [2.45, 2.75) is 19.0 Å². The minimum Gasteiger partial charge on any atom is -0.511 e. The topological polar surface area (TPSA) is 56.0 Å². The van der Waals surface area contributed by atoms with Crippen molar-refractivity contribution in [3.8, 4) is 6.07 Å². The third-order valence-corrected chi connectivity index (χ3v) is 3.35. The van der Waals surface area contributed by atoms with Crippen LogP contribution in [-0.4, -0.2) is 10.1 Å². The fourth-order valence-corrected chi connectivity index (χ4v) is 2.07. The van der Waals surface area contributed by atoms with Crippen LogP contribution in [0.15, 0.2) is 35.6 Å². The van der Waals surface area contributed by atoms with Crippen molar-refractivity contribution in [2.75, 3.05) is 5.32 Å². The van der Waals surface area contributed by atoms with E-state index in [1.807, 2.05) is 0 Å². The van der Waals surface area contributed by atoms with E-state index in [1.54, 1.807) is 6.07 Å². The molecule has 1 aromatic rings. The Kier molecular flexibility index (Phi) is 4.19. The summed E-state index contributed by atoms with van der Waals surface area (Å²) < 4.78 is 38.6. The van der Waals surface area contributed by atoms with Gasteiger partial charge in [-0.25, -0.2) is 0 Å². The second kappa shape index (κ2) is 5.74. The molecule has 0 amide bonds. The van der Waals surface area contributed by atoms with Crippen LogP contribution in [0.2, 0.25) is 0 Å². The first-order valence-corrected chi connectivity index (χ1v) is 6.56. The minimum absolute atomic E-state index is 0.114. The predicted octanol–water partition coefficient (Wildman–Crippen LogP) is 4.19. The van der Waals surface area contributed by atoms with Crippen LogP contribution in [0.25, 0.3) is 0 Å². The lowest BCUT2D eigenvalue weighted by Crippen LogP contribution is -2.17. The van der Waals surface area contributed by atoms with Gasteiger partial charge in [-0.2, -0.15) is 18.4 Å². The molecule has 1 aromatic carbocycles. The molecule has 0 unspecified atom stereocenters. The van der Waals surface area contributed by atoms with E-state index >= 15 is 0 Å². The molecule has 0 heterocycles. The summed E-state index contributed by atoms with van der Waals surface area (Å²) in [6, 6.07) is 6.58. The highest BCUT2D eigenvalue weighted by molar-refractivity contribution is 7.81. The summed E-state index contributed by atoms with van der Waals surface area (Å²) in [6.45, 7) is 0. The number of nitrogens with zero attached hydrogens (tertiary/aromatic N) is 1. The third kappa shape index (κ3) is 3.52. The minimum atomic E-state index is -4.53. The van der Waals surface area contributed by atoms with E-state index in [-0.39, 0.29) is 27.9 Å². The molecule has 0 bridgehead atoms. The Bertz CT molecular complexity index is 642. The molecule has 1 aliphatic rings. The molecule has 2 N–H and O–H groups in total. The monoisotopic (exact) mass is 312 g/mol. The van der Waals surface area contributed by atoms with Crippen LogP contribution < -0.4 is 5.32 Å². The number of nitrogens with one attached hydrogen (secondary N) is 1. The van der Waals surface area contributed by atoms with Gasteiger partial charge in [0.15, 0.2) is 0 Å². The maximum Gasteiger partial charge on any atom is 0.418 e. The number of aliphatic hydroxyl groups is 1. The summed E-state index contributed by atoms with van der Waals surface area (Å²) in [7, 11) is 0. The van der Waals surface area contributed by atoms with Crippen molar-refractivity contribution in [1.29, 1.82) is 5.26 Å². The smallest absolute Gasteiger partial charge is 0.418 e. The summed E-state index contributed by atoms with van der Waals surface area (Å²) >= 11 is 4.94. The van der Waals surface area contributed by atoms with Crippen LogP contribution in [-0.2, 0) is 6.18 Å². The first-order valence-electron chi connectivity index (χ1n) is 6.15. The first kappa shape index (κ1) is 15.3. The second-order valence-corrected chi connectivity index (χ2v) is 5.05. The van der Waals surface area contributed by atoms with E-state index < -0.39 is 11.7 Å². The molecule has 0 aromatic heterocycles.